The Morgan fingerprint density at radius 2 is 1.75 bits per heavy atom. The molecule has 0 unspecified atom stereocenters. The minimum Gasteiger partial charge on any atom is -0.399 e. The van der Waals surface area contributed by atoms with Crippen LogP contribution in [0.1, 0.15) is 10.4 Å². The highest BCUT2D eigenvalue weighted by atomic mass is 35.5. The molecule has 3 nitrogen and oxygen atoms in total. The number of amides is 1. The van der Waals surface area contributed by atoms with Crippen LogP contribution in [0, 0.1) is 17.5 Å². The number of carbonyl (C=O) groups is 1. The van der Waals surface area contributed by atoms with E-state index in [1.807, 2.05) is 0 Å². The molecule has 0 aliphatic rings. The number of hydrogen-bond donors (Lipinski definition) is 2. The van der Waals surface area contributed by atoms with Gasteiger partial charge in [-0.3, -0.25) is 4.79 Å². The molecule has 20 heavy (non-hydrogen) atoms. The maximum Gasteiger partial charge on any atom is 0.258 e. The van der Waals surface area contributed by atoms with Gasteiger partial charge in [-0.05, 0) is 30.3 Å². The third-order valence-corrected chi connectivity index (χ3v) is 2.72. The average Bonchev–Trinajstić information content (AvgIpc) is 2.32. The molecule has 0 radical (unpaired) electrons. The molecule has 2 aromatic carbocycles. The molecule has 0 heterocycles. The first-order valence-corrected chi connectivity index (χ1v) is 5.76. The Bertz CT molecular complexity index is 671. The summed E-state index contributed by atoms with van der Waals surface area (Å²) in [5.74, 6) is -3.53. The van der Waals surface area contributed by atoms with Crippen LogP contribution >= 0.6 is 11.6 Å². The third kappa shape index (κ3) is 3.03. The van der Waals surface area contributed by atoms with Crippen molar-refractivity contribution >= 4 is 28.9 Å². The second kappa shape index (κ2) is 5.42. The van der Waals surface area contributed by atoms with E-state index in [2.05, 4.69) is 5.32 Å². The van der Waals surface area contributed by atoms with Crippen molar-refractivity contribution in [3.63, 3.8) is 0 Å². The van der Waals surface area contributed by atoms with Crippen molar-refractivity contribution in [2.45, 2.75) is 0 Å². The van der Waals surface area contributed by atoms with Gasteiger partial charge in [0.25, 0.3) is 5.91 Å². The van der Waals surface area contributed by atoms with Crippen molar-refractivity contribution in [2.24, 2.45) is 0 Å². The van der Waals surface area contributed by atoms with Crippen LogP contribution in [-0.4, -0.2) is 5.91 Å². The number of nitrogen functional groups attached to an aromatic ring is 1. The molecule has 0 aliphatic heterocycles. The first-order chi connectivity index (χ1) is 9.36. The zero-order valence-corrected chi connectivity index (χ0v) is 10.6. The second-order valence-corrected chi connectivity index (χ2v) is 4.38. The van der Waals surface area contributed by atoms with Crippen molar-refractivity contribution in [3.8, 4) is 0 Å². The van der Waals surface area contributed by atoms with Crippen LogP contribution in [0.15, 0.2) is 30.3 Å². The molecule has 0 saturated carbocycles. The predicted molar refractivity (Wildman–Crippen MR) is 70.1 cm³/mol. The third-order valence-electron chi connectivity index (χ3n) is 2.43. The molecule has 0 saturated heterocycles. The molecule has 104 valence electrons. The number of rotatable bonds is 2. The highest BCUT2D eigenvalue weighted by Gasteiger charge is 2.16. The van der Waals surface area contributed by atoms with Gasteiger partial charge in [0.05, 0.1) is 10.6 Å². The lowest BCUT2D eigenvalue weighted by molar-refractivity contribution is 0.102. The van der Waals surface area contributed by atoms with Crippen LogP contribution in [-0.2, 0) is 0 Å². The predicted octanol–water partition coefficient (Wildman–Crippen LogP) is 3.59. The Morgan fingerprint density at radius 3 is 2.40 bits per heavy atom. The molecule has 0 aromatic heterocycles. The normalized spacial score (nSPS) is 10.4. The van der Waals surface area contributed by atoms with Gasteiger partial charge in [-0.15, -0.1) is 0 Å². The fourth-order valence-electron chi connectivity index (χ4n) is 1.58. The van der Waals surface area contributed by atoms with Crippen molar-refractivity contribution in [1.82, 2.24) is 0 Å². The number of nitrogens with two attached hydrogens (primary N) is 1. The summed E-state index contributed by atoms with van der Waals surface area (Å²) in [4.78, 5) is 11.8. The van der Waals surface area contributed by atoms with Crippen molar-refractivity contribution in [2.75, 3.05) is 11.1 Å². The zero-order valence-electron chi connectivity index (χ0n) is 9.88. The van der Waals surface area contributed by atoms with Crippen molar-refractivity contribution in [1.29, 1.82) is 0 Å². The van der Waals surface area contributed by atoms with E-state index >= 15 is 0 Å². The number of nitrogens with one attached hydrogen (secondary N) is 1. The van der Waals surface area contributed by atoms with Gasteiger partial charge >= 0.3 is 0 Å². The van der Waals surface area contributed by atoms with E-state index in [9.17, 15) is 18.0 Å². The van der Waals surface area contributed by atoms with Crippen LogP contribution in [0.3, 0.4) is 0 Å². The molecular weight excluding hydrogens is 293 g/mol. The SMILES string of the molecule is Nc1cc(F)cc(NC(=O)c2cc(F)c(Cl)cc2F)c1. The van der Waals surface area contributed by atoms with Gasteiger partial charge in [-0.1, -0.05) is 11.6 Å². The lowest BCUT2D eigenvalue weighted by Crippen LogP contribution is -2.14. The fraction of sp³-hybridized carbons (Fsp3) is 0. The summed E-state index contributed by atoms with van der Waals surface area (Å²) in [7, 11) is 0. The quantitative estimate of drug-likeness (QED) is 0.658. The van der Waals surface area contributed by atoms with Gasteiger partial charge in [0.2, 0.25) is 0 Å². The molecule has 0 spiro atoms. The number of carbonyl (C=O) groups excluding carboxylic acids is 1. The summed E-state index contributed by atoms with van der Waals surface area (Å²) in [5.41, 5.74) is 4.97. The first-order valence-electron chi connectivity index (χ1n) is 5.39. The molecule has 2 rings (SSSR count). The van der Waals surface area contributed by atoms with Crippen LogP contribution in [0.5, 0.6) is 0 Å². The van der Waals surface area contributed by atoms with Crippen LogP contribution in [0.2, 0.25) is 5.02 Å². The van der Waals surface area contributed by atoms with Gasteiger partial charge in [-0.2, -0.15) is 0 Å². The molecular formula is C13H8ClF3N2O. The highest BCUT2D eigenvalue weighted by molar-refractivity contribution is 6.30. The number of halogens is 4. The topological polar surface area (TPSA) is 55.1 Å². The first kappa shape index (κ1) is 14.2. The zero-order chi connectivity index (χ0) is 14.9. The van der Waals surface area contributed by atoms with E-state index in [0.717, 1.165) is 12.1 Å². The van der Waals surface area contributed by atoms with E-state index in [4.69, 9.17) is 17.3 Å². The Labute approximate surface area is 117 Å². The smallest absolute Gasteiger partial charge is 0.258 e. The van der Waals surface area contributed by atoms with Gasteiger partial charge in [0.15, 0.2) is 0 Å². The molecule has 7 heteroatoms. The molecule has 1 amide bonds. The minimum atomic E-state index is -0.988. The standard InChI is InChI=1S/C13H8ClF3N2O/c14-10-5-11(16)9(4-12(10)17)13(20)19-8-2-6(15)1-7(18)3-8/h1-5H,18H2,(H,19,20). The lowest BCUT2D eigenvalue weighted by atomic mass is 10.2. The van der Waals surface area contributed by atoms with Crippen LogP contribution in [0.25, 0.3) is 0 Å². The minimum absolute atomic E-state index is 0.0299. The molecule has 0 aliphatic carbocycles. The Morgan fingerprint density at radius 1 is 1.05 bits per heavy atom. The fourth-order valence-corrected chi connectivity index (χ4v) is 1.73. The van der Waals surface area contributed by atoms with Gasteiger partial charge < -0.3 is 11.1 Å². The number of benzene rings is 2. The highest BCUT2D eigenvalue weighted by Crippen LogP contribution is 2.21. The number of hydrogen-bond acceptors (Lipinski definition) is 2. The van der Waals surface area contributed by atoms with Gasteiger partial charge in [0, 0.05) is 11.4 Å². The molecule has 0 fully saturated rings. The van der Waals surface area contributed by atoms with Gasteiger partial charge in [0.1, 0.15) is 17.5 Å². The second-order valence-electron chi connectivity index (χ2n) is 3.97. The summed E-state index contributed by atoms with van der Waals surface area (Å²) >= 11 is 5.38. The summed E-state index contributed by atoms with van der Waals surface area (Å²) in [6, 6.07) is 4.68. The average molecular weight is 301 g/mol. The van der Waals surface area contributed by atoms with Crippen molar-refractivity contribution < 1.29 is 18.0 Å². The Balaban J connectivity index is 2.30. The van der Waals surface area contributed by atoms with Gasteiger partial charge in [-0.25, -0.2) is 13.2 Å². The lowest BCUT2D eigenvalue weighted by Gasteiger charge is -2.08. The summed E-state index contributed by atoms with van der Waals surface area (Å²) in [5, 5.41) is 1.78. The van der Waals surface area contributed by atoms with E-state index in [1.165, 1.54) is 6.07 Å². The monoisotopic (exact) mass is 300 g/mol. The van der Waals surface area contributed by atoms with Crippen molar-refractivity contribution in [3.05, 3.63) is 58.4 Å². The number of anilines is 2. The van der Waals surface area contributed by atoms with E-state index in [-0.39, 0.29) is 11.4 Å². The molecule has 0 atom stereocenters. The maximum atomic E-state index is 13.5. The van der Waals surface area contributed by atoms with Crippen LogP contribution < -0.4 is 11.1 Å². The molecule has 0 bridgehead atoms. The molecule has 3 N–H and O–H groups in total. The Kier molecular flexibility index (Phi) is 3.85. The summed E-state index contributed by atoms with van der Waals surface area (Å²) in [6.07, 6.45) is 0. The summed E-state index contributed by atoms with van der Waals surface area (Å²) in [6.45, 7) is 0. The van der Waals surface area contributed by atoms with E-state index < -0.39 is 33.9 Å². The Hall–Kier alpha value is -2.21. The van der Waals surface area contributed by atoms with Crippen LogP contribution in [0.4, 0.5) is 24.5 Å². The largest absolute Gasteiger partial charge is 0.399 e. The summed E-state index contributed by atoms with van der Waals surface area (Å²) < 4.78 is 39.9. The molecule has 2 aromatic rings. The van der Waals surface area contributed by atoms with E-state index in [1.54, 1.807) is 0 Å². The van der Waals surface area contributed by atoms with E-state index in [0.29, 0.717) is 12.1 Å². The maximum absolute atomic E-state index is 13.5.